The van der Waals surface area contributed by atoms with Crippen LogP contribution >= 0.6 is 23.4 Å². The fourth-order valence-electron chi connectivity index (χ4n) is 3.48. The fourth-order valence-corrected chi connectivity index (χ4v) is 4.40. The van der Waals surface area contributed by atoms with Crippen molar-refractivity contribution < 1.29 is 9.18 Å². The van der Waals surface area contributed by atoms with E-state index in [1.54, 1.807) is 16.5 Å². The molecule has 5 rings (SSSR count). The van der Waals surface area contributed by atoms with Crippen LogP contribution in [0, 0.1) is 5.82 Å². The van der Waals surface area contributed by atoms with Crippen LogP contribution in [-0.4, -0.2) is 30.8 Å². The lowest BCUT2D eigenvalue weighted by atomic mass is 10.2. The van der Waals surface area contributed by atoms with Gasteiger partial charge in [0.15, 0.2) is 5.16 Å². The molecule has 0 aliphatic carbocycles. The maximum Gasteiger partial charge on any atom is 0.267 e. The van der Waals surface area contributed by atoms with Crippen molar-refractivity contribution in [3.05, 3.63) is 94.0 Å². The van der Waals surface area contributed by atoms with Gasteiger partial charge in [-0.3, -0.25) is 14.0 Å². The first-order valence-electron chi connectivity index (χ1n) is 9.85. The summed E-state index contributed by atoms with van der Waals surface area (Å²) < 4.78 is 16.6. The molecule has 0 aliphatic heterocycles. The Morgan fingerprint density at radius 1 is 1.03 bits per heavy atom. The van der Waals surface area contributed by atoms with E-state index in [9.17, 15) is 14.0 Å². The van der Waals surface area contributed by atoms with Crippen molar-refractivity contribution in [1.29, 1.82) is 0 Å². The number of hydrogen-bond donors (Lipinski definition) is 1. The van der Waals surface area contributed by atoms with E-state index in [4.69, 9.17) is 11.6 Å². The Bertz CT molecular complexity index is 1570. The number of halogens is 2. The van der Waals surface area contributed by atoms with Gasteiger partial charge in [-0.25, -0.2) is 8.96 Å². The van der Waals surface area contributed by atoms with E-state index in [2.05, 4.69) is 15.5 Å². The monoisotopic (exact) mass is 479 g/mol. The fraction of sp³-hybridized carbons (Fsp3) is 0.0435. The number of anilines is 1. The summed E-state index contributed by atoms with van der Waals surface area (Å²) in [7, 11) is 0. The van der Waals surface area contributed by atoms with Crippen LogP contribution in [0.2, 0.25) is 5.02 Å². The molecule has 3 aromatic carbocycles. The smallest absolute Gasteiger partial charge is 0.267 e. The zero-order valence-corrected chi connectivity index (χ0v) is 18.5. The van der Waals surface area contributed by atoms with Crippen LogP contribution in [0.4, 0.5) is 10.1 Å². The number of nitrogens with one attached hydrogen (secondary N) is 1. The van der Waals surface area contributed by atoms with E-state index in [0.717, 1.165) is 0 Å². The molecule has 10 heteroatoms. The molecule has 0 aliphatic rings. The van der Waals surface area contributed by atoms with Gasteiger partial charge in [-0.05, 0) is 42.5 Å². The van der Waals surface area contributed by atoms with Gasteiger partial charge in [0.05, 0.1) is 27.4 Å². The first-order valence-corrected chi connectivity index (χ1v) is 11.2. The van der Waals surface area contributed by atoms with Crippen LogP contribution in [0.25, 0.3) is 22.4 Å². The van der Waals surface area contributed by atoms with Gasteiger partial charge < -0.3 is 5.32 Å². The topological polar surface area (TPSA) is 81.3 Å². The highest BCUT2D eigenvalue weighted by molar-refractivity contribution is 7.99. The third-order valence-electron chi connectivity index (χ3n) is 4.94. The molecule has 0 fully saturated rings. The number of para-hydroxylation sites is 2. The van der Waals surface area contributed by atoms with Crippen LogP contribution in [-0.2, 0) is 4.79 Å². The average Bonchev–Trinajstić information content (AvgIpc) is 3.25. The van der Waals surface area contributed by atoms with Gasteiger partial charge >= 0.3 is 0 Å². The molecule has 0 radical (unpaired) electrons. The normalized spacial score (nSPS) is 11.2. The summed E-state index contributed by atoms with van der Waals surface area (Å²) in [5.74, 6) is -0.511. The molecule has 7 nitrogen and oxygen atoms in total. The molecule has 2 aromatic heterocycles. The highest BCUT2D eigenvalue weighted by Gasteiger charge is 2.18. The van der Waals surface area contributed by atoms with Gasteiger partial charge in [-0.1, -0.05) is 53.7 Å². The molecule has 0 spiro atoms. The van der Waals surface area contributed by atoms with Crippen molar-refractivity contribution in [3.8, 4) is 5.69 Å². The zero-order chi connectivity index (χ0) is 22.9. The predicted octanol–water partition coefficient (Wildman–Crippen LogP) is 4.56. The second-order valence-electron chi connectivity index (χ2n) is 7.08. The first-order chi connectivity index (χ1) is 16.0. The van der Waals surface area contributed by atoms with Gasteiger partial charge in [-0.15, -0.1) is 10.2 Å². The zero-order valence-electron chi connectivity index (χ0n) is 16.9. The Kier molecular flexibility index (Phi) is 5.57. The Morgan fingerprint density at radius 3 is 2.58 bits per heavy atom. The number of carbonyl (C=O) groups is 1. The van der Waals surface area contributed by atoms with Crippen LogP contribution in [0.1, 0.15) is 0 Å². The molecule has 1 N–H and O–H groups in total. The molecule has 1 amide bonds. The Balaban J connectivity index is 1.52. The van der Waals surface area contributed by atoms with E-state index < -0.39 is 5.82 Å². The number of thioether (sulfide) groups is 1. The lowest BCUT2D eigenvalue weighted by Crippen LogP contribution is -2.21. The minimum Gasteiger partial charge on any atom is -0.325 e. The third kappa shape index (κ3) is 3.96. The molecule has 33 heavy (non-hydrogen) atoms. The number of carbonyl (C=O) groups excluding carboxylic acids is 1. The van der Waals surface area contributed by atoms with E-state index in [1.807, 2.05) is 42.5 Å². The summed E-state index contributed by atoms with van der Waals surface area (Å²) in [5.41, 5.74) is 1.48. The van der Waals surface area contributed by atoms with Gasteiger partial charge in [0.1, 0.15) is 5.82 Å². The number of nitrogens with zero attached hydrogens (tertiary/aromatic N) is 4. The minimum absolute atomic E-state index is 0.0224. The number of hydrogen-bond acceptors (Lipinski definition) is 5. The molecule has 5 aromatic rings. The van der Waals surface area contributed by atoms with Gasteiger partial charge in [0.2, 0.25) is 11.7 Å². The van der Waals surface area contributed by atoms with Crippen molar-refractivity contribution in [2.24, 2.45) is 0 Å². The summed E-state index contributed by atoms with van der Waals surface area (Å²) in [6, 6.07) is 20.3. The van der Waals surface area contributed by atoms with Crippen LogP contribution in [0.5, 0.6) is 0 Å². The van der Waals surface area contributed by atoms with Gasteiger partial charge in [-0.2, -0.15) is 0 Å². The number of rotatable bonds is 5. The molecule has 0 unspecified atom stereocenters. The molecule has 0 saturated heterocycles. The third-order valence-corrected chi connectivity index (χ3v) is 6.16. The SMILES string of the molecule is O=C(CSc1nnc2n(-c3ccccc3)c(=O)c3ccccc3n12)Nc1ccc(F)c(Cl)c1. The first kappa shape index (κ1) is 21.2. The number of aromatic nitrogens is 4. The summed E-state index contributed by atoms with van der Waals surface area (Å²) in [6.45, 7) is 0. The van der Waals surface area contributed by atoms with Crippen LogP contribution in [0.3, 0.4) is 0 Å². The Hall–Kier alpha value is -3.69. The van der Waals surface area contributed by atoms with Crippen molar-refractivity contribution in [2.45, 2.75) is 5.16 Å². The standard InChI is InChI=1S/C23H15ClFN5O2S/c24-17-12-14(10-11-18(17)25)26-20(31)13-33-23-28-27-22-29(15-6-2-1-3-7-15)21(32)16-8-4-5-9-19(16)30(22)23/h1-12H,13H2,(H,26,31). The molecule has 164 valence electrons. The lowest BCUT2D eigenvalue weighted by Gasteiger charge is -2.11. The highest BCUT2D eigenvalue weighted by atomic mass is 35.5. The summed E-state index contributed by atoms with van der Waals surface area (Å²) >= 11 is 6.94. The molecule has 0 atom stereocenters. The highest BCUT2D eigenvalue weighted by Crippen LogP contribution is 2.24. The summed E-state index contributed by atoms with van der Waals surface area (Å²) in [4.78, 5) is 25.7. The maximum absolute atomic E-state index is 13.3. The van der Waals surface area contributed by atoms with Crippen LogP contribution in [0.15, 0.2) is 82.7 Å². The van der Waals surface area contributed by atoms with E-state index in [-0.39, 0.29) is 22.2 Å². The van der Waals surface area contributed by atoms with E-state index >= 15 is 0 Å². The maximum atomic E-state index is 13.3. The van der Waals surface area contributed by atoms with Crippen molar-refractivity contribution in [2.75, 3.05) is 11.1 Å². The van der Waals surface area contributed by atoms with Crippen LogP contribution < -0.4 is 10.9 Å². The van der Waals surface area contributed by atoms with Gasteiger partial charge in [0.25, 0.3) is 5.56 Å². The average molecular weight is 480 g/mol. The largest absolute Gasteiger partial charge is 0.325 e. The number of fused-ring (bicyclic) bond motifs is 3. The Labute approximate surface area is 195 Å². The van der Waals surface area contributed by atoms with Crippen molar-refractivity contribution in [3.63, 3.8) is 0 Å². The molecular weight excluding hydrogens is 465 g/mol. The van der Waals surface area contributed by atoms with E-state index in [1.165, 1.54) is 34.5 Å². The molecule has 2 heterocycles. The summed E-state index contributed by atoms with van der Waals surface area (Å²) in [6.07, 6.45) is 0. The minimum atomic E-state index is -0.560. The molecular formula is C23H15ClFN5O2S. The second kappa shape index (κ2) is 8.68. The van der Waals surface area contributed by atoms with Crippen molar-refractivity contribution >= 4 is 51.6 Å². The summed E-state index contributed by atoms with van der Waals surface area (Å²) in [5, 5.41) is 12.1. The van der Waals surface area contributed by atoms with Gasteiger partial charge in [0, 0.05) is 5.69 Å². The molecule has 0 bridgehead atoms. The predicted molar refractivity (Wildman–Crippen MR) is 127 cm³/mol. The molecule has 0 saturated carbocycles. The number of amides is 1. The number of benzene rings is 3. The van der Waals surface area contributed by atoms with E-state index in [0.29, 0.717) is 33.2 Å². The van der Waals surface area contributed by atoms with Crippen molar-refractivity contribution in [1.82, 2.24) is 19.2 Å². The Morgan fingerprint density at radius 2 is 1.79 bits per heavy atom. The second-order valence-corrected chi connectivity index (χ2v) is 8.43. The quantitative estimate of drug-likeness (QED) is 0.374. The lowest BCUT2D eigenvalue weighted by molar-refractivity contribution is -0.113.